The van der Waals surface area contributed by atoms with Crippen LogP contribution >= 0.6 is 27.3 Å². The fourth-order valence-electron chi connectivity index (χ4n) is 2.63. The van der Waals surface area contributed by atoms with E-state index in [1.165, 1.54) is 21.7 Å². The normalized spacial score (nSPS) is 16.3. The fraction of sp³-hybridized carbons (Fsp3) is 0.333. The van der Waals surface area contributed by atoms with E-state index in [0.29, 0.717) is 0 Å². The van der Waals surface area contributed by atoms with Crippen LogP contribution in [0, 0.1) is 0 Å². The number of hydrogen-bond acceptors (Lipinski definition) is 3. The molecule has 2 nitrogen and oxygen atoms in total. The molecule has 0 fully saturated rings. The van der Waals surface area contributed by atoms with E-state index in [1.54, 1.807) is 0 Å². The van der Waals surface area contributed by atoms with E-state index in [0.717, 1.165) is 24.0 Å². The quantitative estimate of drug-likeness (QED) is 0.894. The van der Waals surface area contributed by atoms with Crippen molar-refractivity contribution in [3.05, 3.63) is 50.1 Å². The van der Waals surface area contributed by atoms with E-state index in [1.807, 2.05) is 18.3 Å². The van der Waals surface area contributed by atoms with Crippen molar-refractivity contribution >= 4 is 33.0 Å². The van der Waals surface area contributed by atoms with Gasteiger partial charge in [0.05, 0.1) is 0 Å². The number of hydrogen-bond donors (Lipinski definition) is 1. The molecule has 0 saturated carbocycles. The van der Waals surface area contributed by atoms with Gasteiger partial charge in [0.2, 0.25) is 0 Å². The monoisotopic (exact) mass is 336 g/mol. The largest absolute Gasteiger partial charge is 0.367 e. The number of thiophene rings is 1. The molecule has 0 saturated heterocycles. The first-order valence-electron chi connectivity index (χ1n) is 6.50. The molecule has 1 aliphatic rings. The van der Waals surface area contributed by atoms with Crippen LogP contribution in [0.3, 0.4) is 0 Å². The number of halogens is 1. The van der Waals surface area contributed by atoms with E-state index in [2.05, 4.69) is 50.5 Å². The Morgan fingerprint density at radius 1 is 1.37 bits per heavy atom. The van der Waals surface area contributed by atoms with Crippen molar-refractivity contribution in [1.29, 1.82) is 0 Å². The van der Waals surface area contributed by atoms with Crippen LogP contribution in [-0.4, -0.2) is 6.54 Å². The van der Waals surface area contributed by atoms with E-state index < -0.39 is 0 Å². The average Bonchev–Trinajstić information content (AvgIpc) is 2.85. The van der Waals surface area contributed by atoms with Crippen molar-refractivity contribution < 1.29 is 0 Å². The van der Waals surface area contributed by atoms with Crippen LogP contribution in [0.15, 0.2) is 34.1 Å². The molecule has 0 aliphatic carbocycles. The molecule has 2 aromatic rings. The van der Waals surface area contributed by atoms with Crippen molar-refractivity contribution in [2.24, 2.45) is 5.73 Å². The first-order valence-corrected chi connectivity index (χ1v) is 8.17. The van der Waals surface area contributed by atoms with Gasteiger partial charge in [-0.05, 0) is 54.1 Å². The molecule has 1 unspecified atom stereocenters. The zero-order chi connectivity index (χ0) is 13.4. The summed E-state index contributed by atoms with van der Waals surface area (Å²) >= 11 is 5.41. The molecule has 100 valence electrons. The number of fused-ring (bicyclic) bond motifs is 1. The number of benzene rings is 1. The molecule has 0 bridgehead atoms. The Bertz CT molecular complexity index is 592. The predicted molar refractivity (Wildman–Crippen MR) is 85.8 cm³/mol. The second-order valence-electron chi connectivity index (χ2n) is 5.03. The van der Waals surface area contributed by atoms with E-state index in [-0.39, 0.29) is 6.04 Å². The van der Waals surface area contributed by atoms with Gasteiger partial charge in [0.1, 0.15) is 0 Å². The molecule has 1 atom stereocenters. The minimum Gasteiger partial charge on any atom is -0.367 e. The van der Waals surface area contributed by atoms with Crippen LogP contribution in [0.2, 0.25) is 0 Å². The van der Waals surface area contributed by atoms with Gasteiger partial charge in [0.25, 0.3) is 0 Å². The van der Waals surface area contributed by atoms with Crippen LogP contribution < -0.4 is 10.6 Å². The standard InChI is InChI=1S/C15H17BrN2S/c1-10(17)13-8-12(16)2-3-14(13)18-6-4-15-11(9-18)5-7-19-15/h2-3,5,7-8,10H,4,6,9,17H2,1H3. The summed E-state index contributed by atoms with van der Waals surface area (Å²) < 4.78 is 1.09. The lowest BCUT2D eigenvalue weighted by Crippen LogP contribution is -2.30. The summed E-state index contributed by atoms with van der Waals surface area (Å²) in [7, 11) is 0. The first-order chi connectivity index (χ1) is 9.15. The smallest absolute Gasteiger partial charge is 0.0440 e. The van der Waals surface area contributed by atoms with Crippen molar-refractivity contribution in [2.45, 2.75) is 25.9 Å². The number of nitrogens with two attached hydrogens (primary N) is 1. The second-order valence-corrected chi connectivity index (χ2v) is 6.95. The lowest BCUT2D eigenvalue weighted by atomic mass is 10.0. The molecule has 1 aliphatic heterocycles. The molecular formula is C15H17BrN2S. The van der Waals surface area contributed by atoms with E-state index >= 15 is 0 Å². The summed E-state index contributed by atoms with van der Waals surface area (Å²) in [6.45, 7) is 4.13. The lowest BCUT2D eigenvalue weighted by molar-refractivity contribution is 0.725. The lowest BCUT2D eigenvalue weighted by Gasteiger charge is -2.31. The molecule has 4 heteroatoms. The van der Waals surface area contributed by atoms with Gasteiger partial charge in [0, 0.05) is 34.2 Å². The summed E-state index contributed by atoms with van der Waals surface area (Å²) in [6, 6.07) is 8.72. The number of rotatable bonds is 2. The summed E-state index contributed by atoms with van der Waals surface area (Å²) in [4.78, 5) is 3.98. The summed E-state index contributed by atoms with van der Waals surface area (Å²) in [5.74, 6) is 0. The van der Waals surface area contributed by atoms with Crippen LogP contribution in [-0.2, 0) is 13.0 Å². The predicted octanol–water partition coefficient (Wildman–Crippen LogP) is 4.09. The second kappa shape index (κ2) is 5.27. The maximum atomic E-state index is 6.12. The van der Waals surface area contributed by atoms with E-state index in [4.69, 9.17) is 5.73 Å². The van der Waals surface area contributed by atoms with E-state index in [9.17, 15) is 0 Å². The molecule has 1 aromatic heterocycles. The molecule has 1 aromatic carbocycles. The van der Waals surface area contributed by atoms with Gasteiger partial charge in [-0.15, -0.1) is 11.3 Å². The summed E-state index contributed by atoms with van der Waals surface area (Å²) in [5.41, 5.74) is 10.1. The van der Waals surface area contributed by atoms with Crippen molar-refractivity contribution in [3.63, 3.8) is 0 Å². The Morgan fingerprint density at radius 2 is 2.21 bits per heavy atom. The third-order valence-corrected chi connectivity index (χ3v) is 5.14. The molecule has 0 radical (unpaired) electrons. The molecule has 0 spiro atoms. The topological polar surface area (TPSA) is 29.3 Å². The third-order valence-electron chi connectivity index (χ3n) is 3.63. The van der Waals surface area contributed by atoms with Gasteiger partial charge in [-0.25, -0.2) is 0 Å². The molecule has 3 rings (SSSR count). The highest BCUT2D eigenvalue weighted by atomic mass is 79.9. The molecule has 2 N–H and O–H groups in total. The Kier molecular flexibility index (Phi) is 3.65. The van der Waals surface area contributed by atoms with Crippen LogP contribution in [0.4, 0.5) is 5.69 Å². The third kappa shape index (κ3) is 2.57. The Morgan fingerprint density at radius 3 is 3.00 bits per heavy atom. The highest BCUT2D eigenvalue weighted by Gasteiger charge is 2.20. The zero-order valence-electron chi connectivity index (χ0n) is 10.9. The maximum absolute atomic E-state index is 6.12. The number of nitrogens with zero attached hydrogens (tertiary/aromatic N) is 1. The van der Waals surface area contributed by atoms with Crippen molar-refractivity contribution in [3.8, 4) is 0 Å². The number of anilines is 1. The van der Waals surface area contributed by atoms with Crippen molar-refractivity contribution in [1.82, 2.24) is 0 Å². The Labute approximate surface area is 126 Å². The van der Waals surface area contributed by atoms with Gasteiger partial charge >= 0.3 is 0 Å². The van der Waals surface area contributed by atoms with Gasteiger partial charge in [-0.3, -0.25) is 0 Å². The average molecular weight is 337 g/mol. The van der Waals surface area contributed by atoms with Gasteiger partial charge in [0.15, 0.2) is 0 Å². The van der Waals surface area contributed by atoms with Crippen LogP contribution in [0.5, 0.6) is 0 Å². The SMILES string of the molecule is CC(N)c1cc(Br)ccc1N1CCc2sccc2C1. The van der Waals surface area contributed by atoms with Crippen molar-refractivity contribution in [2.75, 3.05) is 11.4 Å². The first kappa shape index (κ1) is 13.2. The Balaban J connectivity index is 1.95. The van der Waals surface area contributed by atoms with Crippen LogP contribution in [0.1, 0.15) is 29.0 Å². The van der Waals surface area contributed by atoms with Gasteiger partial charge < -0.3 is 10.6 Å². The van der Waals surface area contributed by atoms with Crippen LogP contribution in [0.25, 0.3) is 0 Å². The molecule has 19 heavy (non-hydrogen) atoms. The zero-order valence-corrected chi connectivity index (χ0v) is 13.3. The van der Waals surface area contributed by atoms with Gasteiger partial charge in [-0.1, -0.05) is 15.9 Å². The highest BCUT2D eigenvalue weighted by Crippen LogP contribution is 2.33. The van der Waals surface area contributed by atoms with Gasteiger partial charge in [-0.2, -0.15) is 0 Å². The highest BCUT2D eigenvalue weighted by molar-refractivity contribution is 9.10. The molecule has 0 amide bonds. The molecular weight excluding hydrogens is 320 g/mol. The summed E-state index contributed by atoms with van der Waals surface area (Å²) in [5, 5.41) is 2.20. The summed E-state index contributed by atoms with van der Waals surface area (Å²) in [6.07, 6.45) is 1.14. The minimum absolute atomic E-state index is 0.0522. The molecule has 2 heterocycles. The Hall–Kier alpha value is -0.840. The minimum atomic E-state index is 0.0522. The fourth-order valence-corrected chi connectivity index (χ4v) is 3.90. The maximum Gasteiger partial charge on any atom is 0.0440 e.